The molecule has 1 fully saturated rings. The Hall–Kier alpha value is -2.71. The molecule has 2 aromatic rings. The van der Waals surface area contributed by atoms with Crippen molar-refractivity contribution in [2.45, 2.75) is 28.9 Å². The highest BCUT2D eigenvalue weighted by Gasteiger charge is 2.49. The van der Waals surface area contributed by atoms with Crippen molar-refractivity contribution < 1.29 is 23.8 Å². The summed E-state index contributed by atoms with van der Waals surface area (Å²) in [5, 5.41) is 0. The van der Waals surface area contributed by atoms with Gasteiger partial charge in [0.25, 0.3) is 0 Å². The van der Waals surface area contributed by atoms with E-state index < -0.39 is 10.7 Å². The van der Waals surface area contributed by atoms with E-state index in [2.05, 4.69) is 34.1 Å². The van der Waals surface area contributed by atoms with Crippen molar-refractivity contribution in [2.24, 2.45) is 0 Å². The molecule has 0 aromatic heterocycles. The molecule has 1 atom stereocenters. The summed E-state index contributed by atoms with van der Waals surface area (Å²) in [5.74, 6) is 0.466. The number of benzene rings is 2. The average Bonchev–Trinajstić information content (AvgIpc) is 3.03. The second-order valence-corrected chi connectivity index (χ2v) is 9.91. The number of unbranched alkanes of at least 4 members (excludes halogenated alkanes) is 1. The molecule has 0 spiro atoms. The molecule has 0 N–H and O–H groups in total. The molecule has 2 aliphatic heterocycles. The van der Waals surface area contributed by atoms with Crippen LogP contribution in [0.25, 0.3) is 0 Å². The zero-order valence-electron chi connectivity index (χ0n) is 19.8. The normalized spacial score (nSPS) is 20.8. The standard InChI is InChI=1S/C26H32N2O5S/c1-31-21-10-11-22-23(18-21)34-26(25(30)32-2,24(29)19-33-22)12-6-7-13-27-14-16-28(17-15-27)20-8-4-3-5-9-20/h3-5,8-11,18H,6-7,12-17,19H2,1-2H3. The zero-order chi connectivity index (χ0) is 24.0. The Morgan fingerprint density at radius 3 is 2.53 bits per heavy atom. The number of anilines is 1. The molecule has 0 radical (unpaired) electrons. The number of esters is 1. The second kappa shape index (κ2) is 11.1. The number of fused-ring (bicyclic) bond motifs is 1. The maximum atomic E-state index is 13.1. The Balaban J connectivity index is 1.35. The van der Waals surface area contributed by atoms with Gasteiger partial charge in [-0.2, -0.15) is 0 Å². The molecule has 2 heterocycles. The molecule has 182 valence electrons. The van der Waals surface area contributed by atoms with E-state index in [0.717, 1.165) is 45.6 Å². The number of hydrogen-bond donors (Lipinski definition) is 0. The molecule has 1 saturated heterocycles. The number of nitrogens with zero attached hydrogens (tertiary/aromatic N) is 2. The van der Waals surface area contributed by atoms with Gasteiger partial charge in [-0.15, -0.1) is 0 Å². The van der Waals surface area contributed by atoms with Gasteiger partial charge in [0, 0.05) is 31.9 Å². The minimum atomic E-state index is -1.31. The number of thioether (sulfide) groups is 1. The summed E-state index contributed by atoms with van der Waals surface area (Å²) in [5.41, 5.74) is 1.27. The van der Waals surface area contributed by atoms with Crippen molar-refractivity contribution >= 4 is 29.2 Å². The van der Waals surface area contributed by atoms with Crippen molar-refractivity contribution in [1.29, 1.82) is 0 Å². The van der Waals surface area contributed by atoms with Crippen molar-refractivity contribution in [2.75, 3.05) is 58.5 Å². The maximum absolute atomic E-state index is 13.1. The number of carbonyl (C=O) groups excluding carboxylic acids is 2. The highest BCUT2D eigenvalue weighted by atomic mass is 32.2. The van der Waals surface area contributed by atoms with Gasteiger partial charge in [0.2, 0.25) is 0 Å². The van der Waals surface area contributed by atoms with E-state index in [1.165, 1.54) is 24.6 Å². The summed E-state index contributed by atoms with van der Waals surface area (Å²) < 4.78 is 14.8. The summed E-state index contributed by atoms with van der Waals surface area (Å²) >= 11 is 1.23. The molecule has 0 bridgehead atoms. The van der Waals surface area contributed by atoms with Crippen LogP contribution in [0.4, 0.5) is 5.69 Å². The minimum Gasteiger partial charge on any atom is -0.497 e. The molecule has 1 unspecified atom stereocenters. The van der Waals surface area contributed by atoms with Crippen LogP contribution >= 0.6 is 11.8 Å². The Labute approximate surface area is 205 Å². The third-order valence-corrected chi connectivity index (χ3v) is 7.99. The van der Waals surface area contributed by atoms with E-state index in [9.17, 15) is 9.59 Å². The first-order chi connectivity index (χ1) is 16.6. The van der Waals surface area contributed by atoms with E-state index in [0.29, 0.717) is 22.8 Å². The first kappa shape index (κ1) is 24.4. The van der Waals surface area contributed by atoms with E-state index >= 15 is 0 Å². The molecule has 7 nitrogen and oxygen atoms in total. The van der Waals surface area contributed by atoms with Gasteiger partial charge >= 0.3 is 5.97 Å². The topological polar surface area (TPSA) is 68.3 Å². The van der Waals surface area contributed by atoms with Crippen LogP contribution < -0.4 is 14.4 Å². The molecule has 2 aliphatic rings. The first-order valence-corrected chi connectivity index (χ1v) is 12.5. The van der Waals surface area contributed by atoms with Gasteiger partial charge in [0.05, 0.1) is 19.1 Å². The van der Waals surface area contributed by atoms with Crippen LogP contribution in [-0.2, 0) is 14.3 Å². The maximum Gasteiger partial charge on any atom is 0.330 e. The Morgan fingerprint density at radius 1 is 1.06 bits per heavy atom. The molecule has 0 amide bonds. The fraction of sp³-hybridized carbons (Fsp3) is 0.462. The van der Waals surface area contributed by atoms with Gasteiger partial charge in [-0.1, -0.05) is 30.0 Å². The van der Waals surface area contributed by atoms with Crippen LogP contribution in [0.1, 0.15) is 19.3 Å². The molecule has 4 rings (SSSR count). The van der Waals surface area contributed by atoms with Gasteiger partial charge < -0.3 is 19.1 Å². The molecule has 0 aliphatic carbocycles. The summed E-state index contributed by atoms with van der Waals surface area (Å²) in [6, 6.07) is 15.9. The predicted molar refractivity (Wildman–Crippen MR) is 133 cm³/mol. The zero-order valence-corrected chi connectivity index (χ0v) is 20.6. The average molecular weight is 485 g/mol. The summed E-state index contributed by atoms with van der Waals surface area (Å²) in [4.78, 5) is 31.6. The summed E-state index contributed by atoms with van der Waals surface area (Å²) in [6.07, 6.45) is 2.06. The number of rotatable bonds is 8. The number of hydrogen-bond acceptors (Lipinski definition) is 8. The number of piperazine rings is 1. The van der Waals surface area contributed by atoms with E-state index in [4.69, 9.17) is 14.2 Å². The lowest BCUT2D eigenvalue weighted by atomic mass is 9.96. The van der Waals surface area contributed by atoms with Crippen LogP contribution in [0.3, 0.4) is 0 Å². The van der Waals surface area contributed by atoms with Crippen molar-refractivity contribution in [3.8, 4) is 11.5 Å². The van der Waals surface area contributed by atoms with Gasteiger partial charge in [-0.05, 0) is 56.1 Å². The van der Waals surface area contributed by atoms with Gasteiger partial charge in [-0.25, -0.2) is 0 Å². The van der Waals surface area contributed by atoms with Gasteiger partial charge in [-0.3, -0.25) is 14.5 Å². The lowest BCUT2D eigenvalue weighted by Crippen LogP contribution is -2.47. The lowest BCUT2D eigenvalue weighted by molar-refractivity contribution is -0.147. The Bertz CT molecular complexity index is 994. The quantitative estimate of drug-likeness (QED) is 0.320. The van der Waals surface area contributed by atoms with E-state index in [1.54, 1.807) is 19.2 Å². The van der Waals surface area contributed by atoms with Gasteiger partial charge in [0.15, 0.2) is 10.5 Å². The smallest absolute Gasteiger partial charge is 0.330 e. The molecular formula is C26H32N2O5S. The highest BCUT2D eigenvalue weighted by Crippen LogP contribution is 2.46. The second-order valence-electron chi connectivity index (χ2n) is 8.57. The minimum absolute atomic E-state index is 0.150. The van der Waals surface area contributed by atoms with E-state index in [1.807, 2.05) is 12.1 Å². The van der Waals surface area contributed by atoms with Crippen molar-refractivity contribution in [1.82, 2.24) is 4.90 Å². The van der Waals surface area contributed by atoms with Crippen LogP contribution in [0.5, 0.6) is 11.5 Å². The fourth-order valence-corrected chi connectivity index (χ4v) is 5.87. The summed E-state index contributed by atoms with van der Waals surface area (Å²) in [7, 11) is 2.92. The summed E-state index contributed by atoms with van der Waals surface area (Å²) in [6.45, 7) is 4.81. The molecule has 8 heteroatoms. The third kappa shape index (κ3) is 5.33. The molecular weight excluding hydrogens is 452 g/mol. The lowest BCUT2D eigenvalue weighted by Gasteiger charge is -2.36. The number of carbonyl (C=O) groups is 2. The van der Waals surface area contributed by atoms with Crippen LogP contribution in [0.15, 0.2) is 53.4 Å². The molecule has 0 saturated carbocycles. The van der Waals surface area contributed by atoms with Crippen LogP contribution in [-0.4, -0.2) is 74.9 Å². The third-order valence-electron chi connectivity index (χ3n) is 6.51. The number of para-hydroxylation sites is 1. The predicted octanol–water partition coefficient (Wildman–Crippen LogP) is 3.65. The SMILES string of the molecule is COC(=O)C1(CCCCN2CCN(c3ccccc3)CC2)Sc2cc(OC)ccc2OCC1=O. The fourth-order valence-electron chi connectivity index (χ4n) is 4.51. The van der Waals surface area contributed by atoms with Gasteiger partial charge in [0.1, 0.15) is 18.1 Å². The van der Waals surface area contributed by atoms with E-state index in [-0.39, 0.29) is 12.4 Å². The number of methoxy groups -OCH3 is 2. The molecule has 34 heavy (non-hydrogen) atoms. The number of Topliss-reactive ketones (excluding diaryl/α,β-unsaturated/α-hetero) is 1. The first-order valence-electron chi connectivity index (χ1n) is 11.7. The number of ketones is 1. The Kier molecular flexibility index (Phi) is 8.00. The van der Waals surface area contributed by atoms with Crippen molar-refractivity contribution in [3.05, 3.63) is 48.5 Å². The molecule has 2 aromatic carbocycles. The Morgan fingerprint density at radius 2 is 1.82 bits per heavy atom. The number of ether oxygens (including phenoxy) is 3. The highest BCUT2D eigenvalue weighted by molar-refractivity contribution is 8.02. The van der Waals surface area contributed by atoms with Crippen molar-refractivity contribution in [3.63, 3.8) is 0 Å². The largest absolute Gasteiger partial charge is 0.497 e. The monoisotopic (exact) mass is 484 g/mol. The van der Waals surface area contributed by atoms with Crippen LogP contribution in [0.2, 0.25) is 0 Å². The van der Waals surface area contributed by atoms with Crippen LogP contribution in [0, 0.1) is 0 Å².